The second-order valence-electron chi connectivity index (χ2n) is 7.07. The standard InChI is InChI=1S/C22H21BrN4O2/c1-3-13(2)12-29-22(28)18-19-21(26-17-10-5-4-9-16(17)25-19)27(20(18)24)15-8-6-7-14(23)11-15/h4-11,13H,3,12,24H2,1-2H3/t13-/m1/s1. The van der Waals surface area contributed by atoms with Gasteiger partial charge >= 0.3 is 5.97 Å². The molecule has 2 aromatic carbocycles. The van der Waals surface area contributed by atoms with Gasteiger partial charge in [0, 0.05) is 4.47 Å². The maximum absolute atomic E-state index is 13.0. The normalized spacial score (nSPS) is 12.4. The van der Waals surface area contributed by atoms with Crippen molar-refractivity contribution in [3.8, 4) is 5.69 Å². The number of hydrogen-bond donors (Lipinski definition) is 1. The molecule has 0 aliphatic heterocycles. The minimum atomic E-state index is -0.480. The summed E-state index contributed by atoms with van der Waals surface area (Å²) >= 11 is 3.49. The Bertz CT molecular complexity index is 1220. The van der Waals surface area contributed by atoms with Crippen molar-refractivity contribution in [1.82, 2.24) is 14.5 Å². The highest BCUT2D eigenvalue weighted by Gasteiger charge is 2.26. The molecule has 0 spiro atoms. The fraction of sp³-hybridized carbons (Fsp3) is 0.227. The van der Waals surface area contributed by atoms with E-state index in [2.05, 4.69) is 22.9 Å². The summed E-state index contributed by atoms with van der Waals surface area (Å²) in [5.41, 5.74) is 9.89. The lowest BCUT2D eigenvalue weighted by Crippen LogP contribution is -2.13. The van der Waals surface area contributed by atoms with Crippen LogP contribution in [-0.2, 0) is 4.74 Å². The van der Waals surface area contributed by atoms with Gasteiger partial charge in [0.15, 0.2) is 5.65 Å². The van der Waals surface area contributed by atoms with Gasteiger partial charge in [0.25, 0.3) is 0 Å². The molecule has 0 aliphatic carbocycles. The van der Waals surface area contributed by atoms with Crippen LogP contribution in [0.5, 0.6) is 0 Å². The van der Waals surface area contributed by atoms with Gasteiger partial charge in [0.2, 0.25) is 0 Å². The second kappa shape index (κ2) is 7.83. The van der Waals surface area contributed by atoms with Crippen molar-refractivity contribution in [3.05, 3.63) is 58.6 Å². The summed E-state index contributed by atoms with van der Waals surface area (Å²) in [5.74, 6) is 0.0548. The highest BCUT2D eigenvalue weighted by atomic mass is 79.9. The van der Waals surface area contributed by atoms with E-state index in [-0.39, 0.29) is 17.3 Å². The third kappa shape index (κ3) is 3.58. The van der Waals surface area contributed by atoms with Crippen LogP contribution in [-0.4, -0.2) is 27.1 Å². The molecule has 2 heterocycles. The van der Waals surface area contributed by atoms with Gasteiger partial charge in [-0.1, -0.05) is 54.4 Å². The first-order chi connectivity index (χ1) is 14.0. The summed E-state index contributed by atoms with van der Waals surface area (Å²) in [6.07, 6.45) is 0.924. The number of nitrogens with two attached hydrogens (primary N) is 1. The molecule has 6 nitrogen and oxygen atoms in total. The molecular formula is C22H21BrN4O2. The van der Waals surface area contributed by atoms with Crippen LogP contribution in [0.25, 0.3) is 27.9 Å². The molecule has 7 heteroatoms. The van der Waals surface area contributed by atoms with Gasteiger partial charge in [0.05, 0.1) is 23.3 Å². The zero-order chi connectivity index (χ0) is 20.5. The van der Waals surface area contributed by atoms with E-state index >= 15 is 0 Å². The Balaban J connectivity index is 1.96. The fourth-order valence-corrected chi connectivity index (χ4v) is 3.53. The average molecular weight is 453 g/mol. The Labute approximate surface area is 176 Å². The summed E-state index contributed by atoms with van der Waals surface area (Å²) < 4.78 is 8.19. The first kappa shape index (κ1) is 19.4. The molecule has 0 saturated carbocycles. The van der Waals surface area contributed by atoms with Crippen LogP contribution in [0.4, 0.5) is 5.82 Å². The first-order valence-corrected chi connectivity index (χ1v) is 10.3. The number of para-hydroxylation sites is 2. The number of halogens is 1. The first-order valence-electron chi connectivity index (χ1n) is 9.49. The Morgan fingerprint density at radius 2 is 1.90 bits per heavy atom. The highest BCUT2D eigenvalue weighted by Crippen LogP contribution is 2.32. The molecule has 0 bridgehead atoms. The molecule has 0 unspecified atom stereocenters. The van der Waals surface area contributed by atoms with E-state index in [4.69, 9.17) is 20.4 Å². The van der Waals surface area contributed by atoms with Gasteiger partial charge < -0.3 is 10.5 Å². The van der Waals surface area contributed by atoms with E-state index in [1.807, 2.05) is 55.5 Å². The van der Waals surface area contributed by atoms with Crippen LogP contribution in [0.3, 0.4) is 0 Å². The Morgan fingerprint density at radius 3 is 2.59 bits per heavy atom. The second-order valence-corrected chi connectivity index (χ2v) is 7.99. The number of aromatic nitrogens is 3. The summed E-state index contributed by atoms with van der Waals surface area (Å²) in [6, 6.07) is 15.2. The van der Waals surface area contributed by atoms with Crippen LogP contribution in [0.1, 0.15) is 30.6 Å². The average Bonchev–Trinajstić information content (AvgIpc) is 3.00. The van der Waals surface area contributed by atoms with Crippen molar-refractivity contribution in [1.29, 1.82) is 0 Å². The molecule has 4 rings (SSSR count). The molecule has 0 saturated heterocycles. The van der Waals surface area contributed by atoms with E-state index < -0.39 is 5.97 Å². The van der Waals surface area contributed by atoms with E-state index in [1.165, 1.54) is 0 Å². The van der Waals surface area contributed by atoms with Gasteiger partial charge in [-0.05, 0) is 36.2 Å². The lowest BCUT2D eigenvalue weighted by molar-refractivity contribution is 0.0450. The van der Waals surface area contributed by atoms with Gasteiger partial charge in [-0.25, -0.2) is 14.8 Å². The number of benzene rings is 2. The molecule has 29 heavy (non-hydrogen) atoms. The molecule has 2 aromatic heterocycles. The minimum absolute atomic E-state index is 0.251. The molecule has 4 aromatic rings. The molecule has 1 atom stereocenters. The highest BCUT2D eigenvalue weighted by molar-refractivity contribution is 9.10. The third-order valence-corrected chi connectivity index (χ3v) is 5.46. The number of nitrogens with zero attached hydrogens (tertiary/aromatic N) is 3. The summed E-state index contributed by atoms with van der Waals surface area (Å²) in [6.45, 7) is 4.43. The zero-order valence-electron chi connectivity index (χ0n) is 16.2. The monoisotopic (exact) mass is 452 g/mol. The van der Waals surface area contributed by atoms with Crippen molar-refractivity contribution in [2.45, 2.75) is 20.3 Å². The predicted molar refractivity (Wildman–Crippen MR) is 118 cm³/mol. The van der Waals surface area contributed by atoms with Crippen LogP contribution in [0, 0.1) is 5.92 Å². The number of hydrogen-bond acceptors (Lipinski definition) is 5. The number of anilines is 1. The molecular weight excluding hydrogens is 432 g/mol. The van der Waals surface area contributed by atoms with Crippen LogP contribution in [0.15, 0.2) is 53.0 Å². The van der Waals surface area contributed by atoms with E-state index in [0.29, 0.717) is 23.3 Å². The van der Waals surface area contributed by atoms with Crippen LogP contribution in [0.2, 0.25) is 0 Å². The molecule has 0 fully saturated rings. The van der Waals surface area contributed by atoms with Gasteiger partial charge in [0.1, 0.15) is 16.9 Å². The van der Waals surface area contributed by atoms with Crippen molar-refractivity contribution >= 4 is 49.9 Å². The number of carbonyl (C=O) groups is 1. The number of carbonyl (C=O) groups excluding carboxylic acids is 1. The number of rotatable bonds is 5. The molecule has 0 amide bonds. The maximum atomic E-state index is 13.0. The molecule has 0 radical (unpaired) electrons. The number of esters is 1. The van der Waals surface area contributed by atoms with Crippen molar-refractivity contribution in [2.24, 2.45) is 5.92 Å². The van der Waals surface area contributed by atoms with Gasteiger partial charge in [-0.2, -0.15) is 0 Å². The zero-order valence-corrected chi connectivity index (χ0v) is 17.8. The SMILES string of the molecule is CC[C@@H](C)COC(=O)c1c(N)n(-c2cccc(Br)c2)c2nc3ccccc3nc12. The fourth-order valence-electron chi connectivity index (χ4n) is 3.15. The van der Waals surface area contributed by atoms with E-state index in [1.54, 1.807) is 4.57 Å². The van der Waals surface area contributed by atoms with Gasteiger partial charge in [-0.3, -0.25) is 4.57 Å². The summed E-state index contributed by atoms with van der Waals surface area (Å²) in [5, 5.41) is 0. The smallest absolute Gasteiger partial charge is 0.344 e. The van der Waals surface area contributed by atoms with E-state index in [9.17, 15) is 4.79 Å². The number of ether oxygens (including phenoxy) is 1. The number of nitrogen functional groups attached to an aromatic ring is 1. The summed E-state index contributed by atoms with van der Waals surface area (Å²) in [7, 11) is 0. The Morgan fingerprint density at radius 1 is 1.17 bits per heavy atom. The predicted octanol–water partition coefficient (Wildman–Crippen LogP) is 5.12. The lowest BCUT2D eigenvalue weighted by Gasteiger charge is -2.10. The van der Waals surface area contributed by atoms with Crippen LogP contribution >= 0.6 is 15.9 Å². The molecule has 148 valence electrons. The Hall–Kier alpha value is -2.93. The number of fused-ring (bicyclic) bond motifs is 2. The van der Waals surface area contributed by atoms with E-state index in [0.717, 1.165) is 22.1 Å². The topological polar surface area (TPSA) is 83.0 Å². The Kier molecular flexibility index (Phi) is 5.24. The summed E-state index contributed by atoms with van der Waals surface area (Å²) in [4.78, 5) is 22.4. The maximum Gasteiger partial charge on any atom is 0.344 e. The largest absolute Gasteiger partial charge is 0.462 e. The van der Waals surface area contributed by atoms with Crippen molar-refractivity contribution in [3.63, 3.8) is 0 Å². The minimum Gasteiger partial charge on any atom is -0.462 e. The lowest BCUT2D eigenvalue weighted by atomic mass is 10.1. The van der Waals surface area contributed by atoms with Crippen molar-refractivity contribution in [2.75, 3.05) is 12.3 Å². The van der Waals surface area contributed by atoms with Gasteiger partial charge in [-0.15, -0.1) is 0 Å². The molecule has 0 aliphatic rings. The van der Waals surface area contributed by atoms with Crippen LogP contribution < -0.4 is 5.73 Å². The quantitative estimate of drug-likeness (QED) is 0.424. The molecule has 2 N–H and O–H groups in total. The third-order valence-electron chi connectivity index (χ3n) is 4.96. The van der Waals surface area contributed by atoms with Crippen molar-refractivity contribution < 1.29 is 9.53 Å².